The Bertz CT molecular complexity index is 1140. The van der Waals surface area contributed by atoms with Gasteiger partial charge in [0, 0.05) is 25.2 Å². The number of likely N-dealkylation sites (tertiary alicyclic amines) is 1. The second-order valence-electron chi connectivity index (χ2n) is 7.27. The van der Waals surface area contributed by atoms with Crippen LogP contribution < -0.4 is 0 Å². The Morgan fingerprint density at radius 3 is 3.04 bits per heavy atom. The molecule has 3 aromatic heterocycles. The molecule has 0 spiro atoms. The van der Waals surface area contributed by atoms with E-state index in [0.717, 1.165) is 41.8 Å². The zero-order chi connectivity index (χ0) is 18.4. The number of rotatable bonds is 2. The molecule has 1 atom stereocenters. The highest BCUT2D eigenvalue weighted by Crippen LogP contribution is 2.28. The first-order valence-corrected chi connectivity index (χ1v) is 9.37. The van der Waals surface area contributed by atoms with E-state index in [1.807, 2.05) is 35.4 Å². The summed E-state index contributed by atoms with van der Waals surface area (Å²) in [5.41, 5.74) is 4.78. The summed E-state index contributed by atoms with van der Waals surface area (Å²) in [6.07, 6.45) is 5.55. The van der Waals surface area contributed by atoms with Crippen molar-refractivity contribution in [2.24, 2.45) is 0 Å². The van der Waals surface area contributed by atoms with Crippen LogP contribution in [0.15, 0.2) is 48.8 Å². The van der Waals surface area contributed by atoms with E-state index < -0.39 is 0 Å². The van der Waals surface area contributed by atoms with E-state index in [0.29, 0.717) is 12.1 Å². The van der Waals surface area contributed by atoms with Crippen LogP contribution in [-0.4, -0.2) is 43.5 Å². The van der Waals surface area contributed by atoms with Gasteiger partial charge >= 0.3 is 0 Å². The average Bonchev–Trinajstić information content (AvgIpc) is 3.33. The maximum absolute atomic E-state index is 13.1. The van der Waals surface area contributed by atoms with Crippen LogP contribution in [0.1, 0.15) is 40.5 Å². The Morgan fingerprint density at radius 2 is 2.15 bits per heavy atom. The van der Waals surface area contributed by atoms with Crippen LogP contribution in [0.3, 0.4) is 0 Å². The summed E-state index contributed by atoms with van der Waals surface area (Å²) in [4.78, 5) is 23.4. The molecule has 1 fully saturated rings. The SMILES string of the molecule is Cc1cccc2[nH]c(C3CCCN(C(=O)c4cnn5ccccc45)C3)nc12. The van der Waals surface area contributed by atoms with Crippen LogP contribution >= 0.6 is 0 Å². The molecule has 1 aliphatic heterocycles. The van der Waals surface area contributed by atoms with Gasteiger partial charge in [-0.1, -0.05) is 18.2 Å². The molecule has 1 N–H and O–H groups in total. The Hall–Kier alpha value is -3.15. The molecule has 0 bridgehead atoms. The monoisotopic (exact) mass is 359 g/mol. The number of imidazole rings is 1. The van der Waals surface area contributed by atoms with Crippen LogP contribution in [0.5, 0.6) is 0 Å². The molecule has 1 unspecified atom stereocenters. The Kier molecular flexibility index (Phi) is 3.70. The molecule has 0 aliphatic carbocycles. The lowest BCUT2D eigenvalue weighted by atomic mass is 9.97. The zero-order valence-corrected chi connectivity index (χ0v) is 15.2. The standard InChI is InChI=1S/C21H21N5O/c1-14-6-4-8-17-19(14)24-20(23-17)15-7-5-10-25(13-15)21(27)16-12-22-26-11-3-2-9-18(16)26/h2-4,6,8-9,11-12,15H,5,7,10,13H2,1H3,(H,23,24). The maximum Gasteiger partial charge on any atom is 0.257 e. The minimum atomic E-state index is 0.0493. The van der Waals surface area contributed by atoms with Crippen LogP contribution in [0.4, 0.5) is 0 Å². The molecule has 0 saturated carbocycles. The number of H-pyrrole nitrogens is 1. The third kappa shape index (κ3) is 2.68. The molecule has 5 rings (SSSR count). The van der Waals surface area contributed by atoms with E-state index in [9.17, 15) is 4.79 Å². The second-order valence-corrected chi connectivity index (χ2v) is 7.27. The number of carbonyl (C=O) groups is 1. The van der Waals surface area contributed by atoms with Gasteiger partial charge in [0.15, 0.2) is 0 Å². The zero-order valence-electron chi connectivity index (χ0n) is 15.2. The van der Waals surface area contributed by atoms with Crippen LogP contribution in [0, 0.1) is 6.92 Å². The van der Waals surface area contributed by atoms with Gasteiger partial charge in [0.2, 0.25) is 0 Å². The first-order valence-electron chi connectivity index (χ1n) is 9.37. The molecule has 6 nitrogen and oxygen atoms in total. The molecule has 6 heteroatoms. The van der Waals surface area contributed by atoms with Crippen molar-refractivity contribution in [3.8, 4) is 0 Å². The van der Waals surface area contributed by atoms with E-state index in [4.69, 9.17) is 4.98 Å². The molecule has 4 heterocycles. The summed E-state index contributed by atoms with van der Waals surface area (Å²) >= 11 is 0. The Morgan fingerprint density at radius 1 is 1.22 bits per heavy atom. The molecular formula is C21H21N5O. The molecular weight excluding hydrogens is 338 g/mol. The smallest absolute Gasteiger partial charge is 0.257 e. The third-order valence-electron chi connectivity index (χ3n) is 5.48. The van der Waals surface area contributed by atoms with Gasteiger partial charge in [-0.15, -0.1) is 0 Å². The molecule has 1 saturated heterocycles. The lowest BCUT2D eigenvalue weighted by molar-refractivity contribution is 0.0707. The van der Waals surface area contributed by atoms with E-state index >= 15 is 0 Å². The lowest BCUT2D eigenvalue weighted by Gasteiger charge is -2.31. The third-order valence-corrected chi connectivity index (χ3v) is 5.48. The van der Waals surface area contributed by atoms with E-state index in [-0.39, 0.29) is 11.8 Å². The number of nitrogens with one attached hydrogen (secondary N) is 1. The van der Waals surface area contributed by atoms with Crippen molar-refractivity contribution in [2.75, 3.05) is 13.1 Å². The second kappa shape index (κ2) is 6.23. The number of fused-ring (bicyclic) bond motifs is 2. The number of aryl methyl sites for hydroxylation is 1. The molecule has 136 valence electrons. The van der Waals surface area contributed by atoms with Crippen molar-refractivity contribution in [2.45, 2.75) is 25.7 Å². The summed E-state index contributed by atoms with van der Waals surface area (Å²) in [7, 11) is 0. The van der Waals surface area contributed by atoms with Gasteiger partial charge in [-0.05, 0) is 43.5 Å². The van der Waals surface area contributed by atoms with Crippen molar-refractivity contribution in [3.63, 3.8) is 0 Å². The Labute approximate surface area is 156 Å². The number of aromatic amines is 1. The van der Waals surface area contributed by atoms with Crippen molar-refractivity contribution < 1.29 is 4.79 Å². The summed E-state index contributed by atoms with van der Waals surface area (Å²) in [5.74, 6) is 1.26. The number of benzene rings is 1. The van der Waals surface area contributed by atoms with Gasteiger partial charge in [0.1, 0.15) is 5.82 Å². The summed E-state index contributed by atoms with van der Waals surface area (Å²) in [5, 5.41) is 4.30. The van der Waals surface area contributed by atoms with Gasteiger partial charge < -0.3 is 9.88 Å². The molecule has 1 amide bonds. The van der Waals surface area contributed by atoms with Gasteiger partial charge in [-0.2, -0.15) is 5.10 Å². The largest absolute Gasteiger partial charge is 0.342 e. The maximum atomic E-state index is 13.1. The number of hydrogen-bond acceptors (Lipinski definition) is 3. The summed E-state index contributed by atoms with van der Waals surface area (Å²) in [6.45, 7) is 3.54. The van der Waals surface area contributed by atoms with E-state index in [2.05, 4.69) is 29.1 Å². The molecule has 0 radical (unpaired) electrons. The lowest BCUT2D eigenvalue weighted by Crippen LogP contribution is -2.39. The fraction of sp³-hybridized carbons (Fsp3) is 0.286. The van der Waals surface area contributed by atoms with Crippen LogP contribution in [-0.2, 0) is 0 Å². The molecule has 27 heavy (non-hydrogen) atoms. The summed E-state index contributed by atoms with van der Waals surface area (Å²) in [6, 6.07) is 12.0. The average molecular weight is 359 g/mol. The number of pyridine rings is 1. The highest BCUT2D eigenvalue weighted by Gasteiger charge is 2.28. The first kappa shape index (κ1) is 16.1. The number of nitrogens with zero attached hydrogens (tertiary/aromatic N) is 4. The normalized spacial score (nSPS) is 17.7. The van der Waals surface area contributed by atoms with Crippen LogP contribution in [0.2, 0.25) is 0 Å². The minimum Gasteiger partial charge on any atom is -0.342 e. The van der Waals surface area contributed by atoms with Crippen molar-refractivity contribution in [1.82, 2.24) is 24.5 Å². The molecule has 4 aromatic rings. The number of para-hydroxylation sites is 1. The Balaban J connectivity index is 1.43. The van der Waals surface area contributed by atoms with Crippen molar-refractivity contribution in [1.29, 1.82) is 0 Å². The highest BCUT2D eigenvalue weighted by atomic mass is 16.2. The van der Waals surface area contributed by atoms with Crippen LogP contribution in [0.25, 0.3) is 16.6 Å². The topological polar surface area (TPSA) is 66.3 Å². The number of hydrogen-bond donors (Lipinski definition) is 1. The number of carbonyl (C=O) groups excluding carboxylic acids is 1. The predicted octanol–water partition coefficient (Wildman–Crippen LogP) is 3.54. The van der Waals surface area contributed by atoms with Crippen molar-refractivity contribution >= 4 is 22.5 Å². The fourth-order valence-corrected chi connectivity index (χ4v) is 4.04. The predicted molar refractivity (Wildman–Crippen MR) is 104 cm³/mol. The van der Waals surface area contributed by atoms with Gasteiger partial charge in [-0.3, -0.25) is 4.79 Å². The fourth-order valence-electron chi connectivity index (χ4n) is 4.04. The first-order chi connectivity index (χ1) is 13.2. The molecule has 1 aromatic carbocycles. The summed E-state index contributed by atoms with van der Waals surface area (Å²) < 4.78 is 1.75. The quantitative estimate of drug-likeness (QED) is 0.595. The van der Waals surface area contributed by atoms with Gasteiger partial charge in [-0.25, -0.2) is 9.50 Å². The highest BCUT2D eigenvalue weighted by molar-refractivity contribution is 6.00. The van der Waals surface area contributed by atoms with E-state index in [1.54, 1.807) is 10.7 Å². The number of piperidine rings is 1. The molecule has 1 aliphatic rings. The number of amides is 1. The number of aromatic nitrogens is 4. The minimum absolute atomic E-state index is 0.0493. The van der Waals surface area contributed by atoms with Crippen molar-refractivity contribution in [3.05, 3.63) is 65.7 Å². The van der Waals surface area contributed by atoms with Gasteiger partial charge in [0.25, 0.3) is 5.91 Å². The van der Waals surface area contributed by atoms with E-state index in [1.165, 1.54) is 5.56 Å². The van der Waals surface area contributed by atoms with Gasteiger partial charge in [0.05, 0.1) is 28.3 Å².